The number of likely N-dealkylation sites (tertiary alicyclic amines) is 1. The van der Waals surface area contributed by atoms with Gasteiger partial charge < -0.3 is 14.7 Å². The molecule has 2 atom stereocenters. The fourth-order valence-electron chi connectivity index (χ4n) is 2.85. The molecule has 1 amide bonds. The number of ether oxygens (including phenoxy) is 1. The second kappa shape index (κ2) is 6.26. The maximum Gasteiger partial charge on any atom is 0.313 e. The van der Waals surface area contributed by atoms with Gasteiger partial charge in [0.05, 0.1) is 12.5 Å². The van der Waals surface area contributed by atoms with Gasteiger partial charge in [-0.3, -0.25) is 9.59 Å². The lowest BCUT2D eigenvalue weighted by atomic mass is 9.88. The molecule has 5 heteroatoms. The van der Waals surface area contributed by atoms with Crippen molar-refractivity contribution in [3.63, 3.8) is 0 Å². The van der Waals surface area contributed by atoms with E-state index in [1.807, 2.05) is 37.3 Å². The highest BCUT2D eigenvalue weighted by atomic mass is 16.5. The van der Waals surface area contributed by atoms with E-state index in [4.69, 9.17) is 4.74 Å². The van der Waals surface area contributed by atoms with Crippen molar-refractivity contribution in [2.24, 2.45) is 5.41 Å². The molecular weight excluding hydrogens is 270 g/mol. The van der Waals surface area contributed by atoms with Crippen LogP contribution in [0, 0.1) is 5.41 Å². The first kappa shape index (κ1) is 15.5. The molecule has 1 fully saturated rings. The average Bonchev–Trinajstić information content (AvgIpc) is 2.93. The SMILES string of the molecule is COCC1(C(=O)O)CCN(C(=O)[C@H](C)c2ccccc2)C1. The smallest absolute Gasteiger partial charge is 0.313 e. The highest BCUT2D eigenvalue weighted by Gasteiger charge is 2.46. The third kappa shape index (κ3) is 3.08. The van der Waals surface area contributed by atoms with Gasteiger partial charge in [0.25, 0.3) is 0 Å². The molecule has 0 aliphatic carbocycles. The number of rotatable bonds is 5. The summed E-state index contributed by atoms with van der Waals surface area (Å²) in [4.78, 5) is 25.7. The van der Waals surface area contributed by atoms with Crippen LogP contribution in [-0.4, -0.2) is 48.7 Å². The van der Waals surface area contributed by atoms with E-state index >= 15 is 0 Å². The summed E-state index contributed by atoms with van der Waals surface area (Å²) in [5, 5.41) is 9.43. The van der Waals surface area contributed by atoms with E-state index in [9.17, 15) is 14.7 Å². The molecule has 1 heterocycles. The summed E-state index contributed by atoms with van der Waals surface area (Å²) >= 11 is 0. The van der Waals surface area contributed by atoms with Gasteiger partial charge in [0.15, 0.2) is 0 Å². The van der Waals surface area contributed by atoms with E-state index in [0.717, 1.165) is 5.56 Å². The molecule has 0 aromatic heterocycles. The molecule has 0 radical (unpaired) electrons. The average molecular weight is 291 g/mol. The normalized spacial score (nSPS) is 23.0. The number of carboxylic acids is 1. The summed E-state index contributed by atoms with van der Waals surface area (Å²) in [5.41, 5.74) is -0.0251. The molecule has 1 unspecified atom stereocenters. The van der Waals surface area contributed by atoms with E-state index in [1.165, 1.54) is 7.11 Å². The van der Waals surface area contributed by atoms with Crippen molar-refractivity contribution in [3.8, 4) is 0 Å². The summed E-state index contributed by atoms with van der Waals surface area (Å²) in [7, 11) is 1.49. The lowest BCUT2D eigenvalue weighted by molar-refractivity contribution is -0.151. The Hall–Kier alpha value is -1.88. The third-order valence-electron chi connectivity index (χ3n) is 4.21. The first-order valence-corrected chi connectivity index (χ1v) is 7.06. The molecule has 1 aliphatic heterocycles. The summed E-state index contributed by atoms with van der Waals surface area (Å²) in [6.07, 6.45) is 0.434. The van der Waals surface area contributed by atoms with Gasteiger partial charge in [-0.2, -0.15) is 0 Å². The standard InChI is InChI=1S/C16H21NO4/c1-12(13-6-4-3-5-7-13)14(18)17-9-8-16(10-17,11-21-2)15(19)20/h3-7,12H,8-11H2,1-2H3,(H,19,20)/t12-,16?/m1/s1. The highest BCUT2D eigenvalue weighted by Crippen LogP contribution is 2.33. The monoisotopic (exact) mass is 291 g/mol. The van der Waals surface area contributed by atoms with Gasteiger partial charge in [-0.1, -0.05) is 30.3 Å². The molecule has 114 valence electrons. The van der Waals surface area contributed by atoms with E-state index in [2.05, 4.69) is 0 Å². The maximum atomic E-state index is 12.6. The predicted molar refractivity (Wildman–Crippen MR) is 78.0 cm³/mol. The van der Waals surface area contributed by atoms with Crippen LogP contribution in [0.25, 0.3) is 0 Å². The van der Waals surface area contributed by atoms with Crippen molar-refractivity contribution in [2.75, 3.05) is 26.8 Å². The molecule has 21 heavy (non-hydrogen) atoms. The van der Waals surface area contributed by atoms with Crippen molar-refractivity contribution in [1.29, 1.82) is 0 Å². The quantitative estimate of drug-likeness (QED) is 0.897. The molecule has 1 N–H and O–H groups in total. The second-order valence-electron chi connectivity index (χ2n) is 5.66. The first-order valence-electron chi connectivity index (χ1n) is 7.06. The molecule has 5 nitrogen and oxygen atoms in total. The van der Waals surface area contributed by atoms with Crippen molar-refractivity contribution in [1.82, 2.24) is 4.90 Å². The zero-order valence-electron chi connectivity index (χ0n) is 12.4. The minimum Gasteiger partial charge on any atom is -0.481 e. The van der Waals surface area contributed by atoms with Crippen molar-refractivity contribution < 1.29 is 19.4 Å². The number of hydrogen-bond acceptors (Lipinski definition) is 3. The van der Waals surface area contributed by atoms with Crippen LogP contribution < -0.4 is 0 Å². The zero-order valence-corrected chi connectivity index (χ0v) is 12.4. The van der Waals surface area contributed by atoms with Gasteiger partial charge in [0.2, 0.25) is 5.91 Å². The van der Waals surface area contributed by atoms with Gasteiger partial charge in [-0.15, -0.1) is 0 Å². The van der Waals surface area contributed by atoms with E-state index < -0.39 is 11.4 Å². The zero-order chi connectivity index (χ0) is 15.5. The summed E-state index contributed by atoms with van der Waals surface area (Å²) < 4.78 is 5.04. The van der Waals surface area contributed by atoms with Gasteiger partial charge in [0.1, 0.15) is 5.41 Å². The largest absolute Gasteiger partial charge is 0.481 e. The van der Waals surface area contributed by atoms with Crippen molar-refractivity contribution in [3.05, 3.63) is 35.9 Å². The lowest BCUT2D eigenvalue weighted by Crippen LogP contribution is -2.41. The Bertz CT molecular complexity index is 516. The van der Waals surface area contributed by atoms with Crippen LogP contribution in [0.15, 0.2) is 30.3 Å². The number of hydrogen-bond donors (Lipinski definition) is 1. The number of benzene rings is 1. The summed E-state index contributed by atoms with van der Waals surface area (Å²) in [5.74, 6) is -1.19. The minimum atomic E-state index is -0.971. The molecule has 0 spiro atoms. The number of aliphatic carboxylic acids is 1. The minimum absolute atomic E-state index is 0.0274. The highest BCUT2D eigenvalue weighted by molar-refractivity contribution is 5.85. The Labute approximate surface area is 124 Å². The van der Waals surface area contributed by atoms with E-state index in [1.54, 1.807) is 4.90 Å². The van der Waals surface area contributed by atoms with Crippen molar-refractivity contribution >= 4 is 11.9 Å². The molecule has 0 saturated carbocycles. The van der Waals surface area contributed by atoms with Gasteiger partial charge in [-0.05, 0) is 18.9 Å². The third-order valence-corrected chi connectivity index (χ3v) is 4.21. The maximum absolute atomic E-state index is 12.6. The Morgan fingerprint density at radius 3 is 2.62 bits per heavy atom. The lowest BCUT2D eigenvalue weighted by Gasteiger charge is -2.25. The molecule has 1 aliphatic rings. The fraction of sp³-hybridized carbons (Fsp3) is 0.500. The Morgan fingerprint density at radius 2 is 2.05 bits per heavy atom. The molecule has 1 aromatic rings. The number of nitrogens with zero attached hydrogens (tertiary/aromatic N) is 1. The summed E-state index contributed by atoms with van der Waals surface area (Å²) in [6, 6.07) is 9.53. The molecule has 1 aromatic carbocycles. The van der Waals surface area contributed by atoms with Gasteiger partial charge >= 0.3 is 5.97 Å². The first-order chi connectivity index (χ1) is 10.00. The van der Waals surface area contributed by atoms with Crippen LogP contribution in [0.3, 0.4) is 0 Å². The molecule has 2 rings (SSSR count). The Balaban J connectivity index is 2.10. The van der Waals surface area contributed by atoms with Crippen LogP contribution in [0.2, 0.25) is 0 Å². The van der Waals surface area contributed by atoms with Crippen LogP contribution in [0.5, 0.6) is 0 Å². The second-order valence-corrected chi connectivity index (χ2v) is 5.66. The number of amides is 1. The molecule has 1 saturated heterocycles. The number of carbonyl (C=O) groups is 2. The molecule has 0 bridgehead atoms. The van der Waals surface area contributed by atoms with Crippen LogP contribution in [0.1, 0.15) is 24.8 Å². The molecular formula is C16H21NO4. The summed E-state index contributed by atoms with van der Waals surface area (Å²) in [6.45, 7) is 2.67. The van der Waals surface area contributed by atoms with Crippen molar-refractivity contribution in [2.45, 2.75) is 19.3 Å². The topological polar surface area (TPSA) is 66.8 Å². The van der Waals surface area contributed by atoms with Gasteiger partial charge in [-0.25, -0.2) is 0 Å². The van der Waals surface area contributed by atoms with Crippen LogP contribution in [-0.2, 0) is 14.3 Å². The Kier molecular flexibility index (Phi) is 4.63. The van der Waals surface area contributed by atoms with Crippen LogP contribution in [0.4, 0.5) is 0 Å². The Morgan fingerprint density at radius 1 is 1.38 bits per heavy atom. The number of methoxy groups -OCH3 is 1. The number of carboxylic acid groups (broad SMARTS) is 1. The predicted octanol–water partition coefficient (Wildman–Crippen LogP) is 1.74. The van der Waals surface area contributed by atoms with E-state index in [0.29, 0.717) is 13.0 Å². The van der Waals surface area contributed by atoms with Gasteiger partial charge in [0, 0.05) is 20.2 Å². The van der Waals surface area contributed by atoms with E-state index in [-0.39, 0.29) is 25.0 Å². The van der Waals surface area contributed by atoms with Crippen LogP contribution >= 0.6 is 0 Å². The number of carbonyl (C=O) groups excluding carboxylic acids is 1. The fourth-order valence-corrected chi connectivity index (χ4v) is 2.85.